The van der Waals surface area contributed by atoms with Gasteiger partial charge in [-0.1, -0.05) is 17.7 Å². The van der Waals surface area contributed by atoms with Gasteiger partial charge in [-0.05, 0) is 44.9 Å². The van der Waals surface area contributed by atoms with Crippen molar-refractivity contribution in [1.29, 1.82) is 0 Å². The molecule has 2 N–H and O–H groups in total. The molecule has 106 valence electrons. The highest BCUT2D eigenvalue weighted by atomic mass is 15.2. The summed E-state index contributed by atoms with van der Waals surface area (Å²) in [6.07, 6.45) is 2.54. The molecule has 0 aliphatic carbocycles. The first-order valence-corrected chi connectivity index (χ1v) is 7.50. The van der Waals surface area contributed by atoms with E-state index < -0.39 is 0 Å². The van der Waals surface area contributed by atoms with Gasteiger partial charge in [0, 0.05) is 38.4 Å². The van der Waals surface area contributed by atoms with Gasteiger partial charge in [0.05, 0.1) is 0 Å². The summed E-state index contributed by atoms with van der Waals surface area (Å²) in [6.45, 7) is 11.4. The first-order chi connectivity index (χ1) is 9.25. The molecule has 0 spiro atoms. The molecule has 0 radical (unpaired) electrons. The maximum Gasteiger partial charge on any atom is 0.0370 e. The van der Waals surface area contributed by atoms with Crippen LogP contribution >= 0.6 is 0 Å². The van der Waals surface area contributed by atoms with Crippen LogP contribution in [0.1, 0.15) is 24.0 Å². The fourth-order valence-electron chi connectivity index (χ4n) is 2.63. The second-order valence-corrected chi connectivity index (χ2v) is 5.54. The third kappa shape index (κ3) is 4.84. The summed E-state index contributed by atoms with van der Waals surface area (Å²) in [6, 6.07) is 6.61. The monoisotopic (exact) mass is 261 g/mol. The van der Waals surface area contributed by atoms with Gasteiger partial charge in [-0.2, -0.15) is 0 Å². The average Bonchev–Trinajstić information content (AvgIpc) is 2.42. The lowest BCUT2D eigenvalue weighted by Gasteiger charge is -2.27. The molecule has 19 heavy (non-hydrogen) atoms. The van der Waals surface area contributed by atoms with Crippen LogP contribution < -0.4 is 10.6 Å². The number of unbranched alkanes of at least 4 members (excludes halogenated alkanes) is 1. The van der Waals surface area contributed by atoms with Crippen LogP contribution in [-0.2, 0) is 0 Å². The second kappa shape index (κ2) is 7.51. The van der Waals surface area contributed by atoms with Crippen LogP contribution in [-0.4, -0.2) is 44.2 Å². The Morgan fingerprint density at radius 3 is 2.68 bits per heavy atom. The second-order valence-electron chi connectivity index (χ2n) is 5.54. The third-order valence-electron chi connectivity index (χ3n) is 3.81. The zero-order valence-corrected chi connectivity index (χ0v) is 12.3. The Balaban J connectivity index is 1.61. The molecule has 1 aliphatic heterocycles. The fourth-order valence-corrected chi connectivity index (χ4v) is 2.63. The van der Waals surface area contributed by atoms with E-state index in [1.165, 1.54) is 49.3 Å². The van der Waals surface area contributed by atoms with E-state index in [0.717, 1.165) is 19.6 Å². The number of piperazine rings is 1. The zero-order valence-electron chi connectivity index (χ0n) is 12.3. The van der Waals surface area contributed by atoms with Crippen LogP contribution in [0.4, 0.5) is 5.69 Å². The van der Waals surface area contributed by atoms with Crippen molar-refractivity contribution in [1.82, 2.24) is 10.2 Å². The van der Waals surface area contributed by atoms with Crippen LogP contribution in [0.15, 0.2) is 18.2 Å². The number of hydrogen-bond acceptors (Lipinski definition) is 3. The van der Waals surface area contributed by atoms with E-state index in [1.807, 2.05) is 0 Å². The number of rotatable bonds is 6. The van der Waals surface area contributed by atoms with Gasteiger partial charge in [0.25, 0.3) is 0 Å². The normalized spacial score (nSPS) is 16.5. The van der Waals surface area contributed by atoms with Gasteiger partial charge < -0.3 is 15.5 Å². The molecular weight excluding hydrogens is 234 g/mol. The van der Waals surface area contributed by atoms with Crippen molar-refractivity contribution < 1.29 is 0 Å². The Bertz CT molecular complexity index is 384. The van der Waals surface area contributed by atoms with Crippen LogP contribution in [0, 0.1) is 13.8 Å². The predicted octanol–water partition coefficient (Wildman–Crippen LogP) is 2.40. The molecule has 0 saturated carbocycles. The Hall–Kier alpha value is -1.06. The highest BCUT2D eigenvalue weighted by molar-refractivity contribution is 5.51. The van der Waals surface area contributed by atoms with Gasteiger partial charge in [-0.25, -0.2) is 0 Å². The van der Waals surface area contributed by atoms with Crippen LogP contribution in [0.25, 0.3) is 0 Å². The molecule has 3 nitrogen and oxygen atoms in total. The highest BCUT2D eigenvalue weighted by Gasteiger charge is 2.08. The van der Waals surface area contributed by atoms with Crippen molar-refractivity contribution in [2.75, 3.05) is 44.6 Å². The topological polar surface area (TPSA) is 27.3 Å². The maximum absolute atomic E-state index is 3.55. The summed E-state index contributed by atoms with van der Waals surface area (Å²) in [5.74, 6) is 0. The molecule has 1 heterocycles. The maximum atomic E-state index is 3.55. The van der Waals surface area contributed by atoms with E-state index in [0.29, 0.717) is 0 Å². The van der Waals surface area contributed by atoms with Gasteiger partial charge in [0.1, 0.15) is 0 Å². The minimum atomic E-state index is 1.08. The van der Waals surface area contributed by atoms with Crippen molar-refractivity contribution in [3.05, 3.63) is 29.3 Å². The molecule has 0 amide bonds. The van der Waals surface area contributed by atoms with Gasteiger partial charge >= 0.3 is 0 Å². The van der Waals surface area contributed by atoms with Crippen LogP contribution in [0.2, 0.25) is 0 Å². The summed E-state index contributed by atoms with van der Waals surface area (Å²) in [5, 5.41) is 6.94. The van der Waals surface area contributed by atoms with Crippen molar-refractivity contribution in [3.8, 4) is 0 Å². The van der Waals surface area contributed by atoms with E-state index in [2.05, 4.69) is 47.6 Å². The average molecular weight is 261 g/mol. The molecule has 2 rings (SSSR count). The van der Waals surface area contributed by atoms with Crippen molar-refractivity contribution in [2.45, 2.75) is 26.7 Å². The highest BCUT2D eigenvalue weighted by Crippen LogP contribution is 2.15. The minimum absolute atomic E-state index is 1.08. The molecule has 1 saturated heterocycles. The lowest BCUT2D eigenvalue weighted by molar-refractivity contribution is 0.237. The lowest BCUT2D eigenvalue weighted by atomic mass is 10.1. The van der Waals surface area contributed by atoms with E-state index in [4.69, 9.17) is 0 Å². The SMILES string of the molecule is Cc1ccc(NCCCCN2CCNCC2)c(C)c1. The number of benzene rings is 1. The smallest absolute Gasteiger partial charge is 0.0370 e. The van der Waals surface area contributed by atoms with Crippen molar-refractivity contribution >= 4 is 5.69 Å². The van der Waals surface area contributed by atoms with Crippen molar-refractivity contribution in [3.63, 3.8) is 0 Å². The number of anilines is 1. The number of nitrogens with zero attached hydrogens (tertiary/aromatic N) is 1. The van der Waals surface area contributed by atoms with Gasteiger partial charge in [-0.3, -0.25) is 0 Å². The third-order valence-corrected chi connectivity index (χ3v) is 3.81. The lowest BCUT2D eigenvalue weighted by Crippen LogP contribution is -2.43. The van der Waals surface area contributed by atoms with Gasteiger partial charge in [0.2, 0.25) is 0 Å². The Morgan fingerprint density at radius 2 is 1.95 bits per heavy atom. The Morgan fingerprint density at radius 1 is 1.16 bits per heavy atom. The number of hydrogen-bond donors (Lipinski definition) is 2. The molecule has 0 aromatic heterocycles. The van der Waals surface area contributed by atoms with Gasteiger partial charge in [-0.15, -0.1) is 0 Å². The molecule has 3 heteroatoms. The minimum Gasteiger partial charge on any atom is -0.385 e. The molecule has 0 atom stereocenters. The standard InChI is InChI=1S/C16H27N3/c1-14-5-6-16(15(2)13-14)18-7-3-4-10-19-11-8-17-9-12-19/h5-6,13,17-18H,3-4,7-12H2,1-2H3. The number of nitrogens with one attached hydrogen (secondary N) is 2. The summed E-state index contributed by atoms with van der Waals surface area (Å²) < 4.78 is 0. The summed E-state index contributed by atoms with van der Waals surface area (Å²) in [4.78, 5) is 2.56. The summed E-state index contributed by atoms with van der Waals surface area (Å²) >= 11 is 0. The fraction of sp³-hybridized carbons (Fsp3) is 0.625. The predicted molar refractivity (Wildman–Crippen MR) is 82.9 cm³/mol. The van der Waals surface area contributed by atoms with E-state index in [1.54, 1.807) is 0 Å². The molecule has 1 fully saturated rings. The number of aryl methyl sites for hydroxylation is 2. The Kier molecular flexibility index (Phi) is 5.67. The molecule has 1 aromatic rings. The van der Waals surface area contributed by atoms with E-state index in [9.17, 15) is 0 Å². The summed E-state index contributed by atoms with van der Waals surface area (Å²) in [5.41, 5.74) is 3.97. The van der Waals surface area contributed by atoms with Gasteiger partial charge in [0.15, 0.2) is 0 Å². The molecule has 1 aromatic carbocycles. The molecule has 1 aliphatic rings. The molecule has 0 bridgehead atoms. The zero-order chi connectivity index (χ0) is 13.5. The summed E-state index contributed by atoms with van der Waals surface area (Å²) in [7, 11) is 0. The first-order valence-electron chi connectivity index (χ1n) is 7.50. The van der Waals surface area contributed by atoms with Crippen molar-refractivity contribution in [2.24, 2.45) is 0 Å². The quantitative estimate of drug-likeness (QED) is 0.770. The van der Waals surface area contributed by atoms with E-state index >= 15 is 0 Å². The van der Waals surface area contributed by atoms with E-state index in [-0.39, 0.29) is 0 Å². The molecule has 0 unspecified atom stereocenters. The Labute approximate surface area is 117 Å². The largest absolute Gasteiger partial charge is 0.385 e. The first kappa shape index (κ1) is 14.4. The van der Waals surface area contributed by atoms with Crippen LogP contribution in [0.5, 0.6) is 0 Å². The van der Waals surface area contributed by atoms with Crippen LogP contribution in [0.3, 0.4) is 0 Å². The molecular formula is C16H27N3.